The lowest BCUT2D eigenvalue weighted by Gasteiger charge is -2.36. The van der Waals surface area contributed by atoms with E-state index in [0.29, 0.717) is 34.5 Å². The van der Waals surface area contributed by atoms with Crippen molar-refractivity contribution in [3.8, 4) is 6.07 Å². The van der Waals surface area contributed by atoms with E-state index in [0.717, 1.165) is 12.8 Å². The molecule has 2 aliphatic rings. The summed E-state index contributed by atoms with van der Waals surface area (Å²) in [6.45, 7) is 0. The molecule has 0 amide bonds. The second kappa shape index (κ2) is 4.25. The maximum atomic E-state index is 13.9. The van der Waals surface area contributed by atoms with Gasteiger partial charge < -0.3 is 5.11 Å². The third-order valence-electron chi connectivity index (χ3n) is 3.92. The number of nitriles is 1. The second-order valence-corrected chi connectivity index (χ2v) is 6.81. The van der Waals surface area contributed by atoms with Crippen LogP contribution in [-0.4, -0.2) is 15.6 Å². The van der Waals surface area contributed by atoms with Crippen LogP contribution in [0.1, 0.15) is 36.8 Å². The van der Waals surface area contributed by atoms with Crippen LogP contribution in [0.3, 0.4) is 0 Å². The van der Waals surface area contributed by atoms with Gasteiger partial charge >= 0.3 is 0 Å². The molecule has 2 fully saturated rings. The minimum atomic E-state index is -1.09. The lowest BCUT2D eigenvalue weighted by Crippen LogP contribution is -2.35. The van der Waals surface area contributed by atoms with E-state index in [1.807, 2.05) is 17.8 Å². The zero-order valence-corrected chi connectivity index (χ0v) is 10.7. The van der Waals surface area contributed by atoms with Gasteiger partial charge in [-0.15, -0.1) is 0 Å². The van der Waals surface area contributed by atoms with Crippen molar-refractivity contribution in [2.24, 2.45) is 0 Å². The molecule has 2 bridgehead atoms. The summed E-state index contributed by atoms with van der Waals surface area (Å²) >= 11 is 1.92. The first kappa shape index (κ1) is 12.0. The van der Waals surface area contributed by atoms with E-state index in [9.17, 15) is 9.50 Å². The van der Waals surface area contributed by atoms with Crippen molar-refractivity contribution in [2.45, 2.75) is 41.8 Å². The summed E-state index contributed by atoms with van der Waals surface area (Å²) < 4.78 is 13.9. The number of fused-ring (bicyclic) bond motifs is 2. The first-order valence-corrected chi connectivity index (χ1v) is 7.13. The van der Waals surface area contributed by atoms with Crippen LogP contribution in [0.4, 0.5) is 4.39 Å². The number of nitrogens with zero attached hydrogens (tertiary/aromatic N) is 1. The molecule has 1 N–H and O–H groups in total. The number of rotatable bonds is 1. The Balaban J connectivity index is 2.01. The van der Waals surface area contributed by atoms with Crippen LogP contribution in [0.25, 0.3) is 0 Å². The lowest BCUT2D eigenvalue weighted by atomic mass is 9.85. The number of halogens is 1. The van der Waals surface area contributed by atoms with Crippen LogP contribution in [-0.2, 0) is 5.60 Å². The molecule has 1 aromatic rings. The monoisotopic (exact) mass is 263 g/mol. The summed E-state index contributed by atoms with van der Waals surface area (Å²) in [6.07, 6.45) is 3.41. The Morgan fingerprint density at radius 1 is 1.33 bits per heavy atom. The molecule has 3 rings (SSSR count). The number of benzene rings is 1. The Labute approximate surface area is 110 Å². The lowest BCUT2D eigenvalue weighted by molar-refractivity contribution is 0.0162. The summed E-state index contributed by atoms with van der Waals surface area (Å²) in [5, 5.41) is 20.5. The fraction of sp³-hybridized carbons (Fsp3) is 0.500. The minimum Gasteiger partial charge on any atom is -0.385 e. The molecule has 0 radical (unpaired) electrons. The number of aliphatic hydroxyl groups is 1. The van der Waals surface area contributed by atoms with Crippen LogP contribution in [0, 0.1) is 17.1 Å². The summed E-state index contributed by atoms with van der Waals surface area (Å²) in [7, 11) is 0. The number of thioether (sulfide) groups is 1. The molecule has 0 spiro atoms. The fourth-order valence-electron chi connectivity index (χ4n) is 3.09. The van der Waals surface area contributed by atoms with Gasteiger partial charge in [0.05, 0.1) is 17.2 Å². The van der Waals surface area contributed by atoms with Crippen molar-refractivity contribution in [1.29, 1.82) is 5.26 Å². The average molecular weight is 263 g/mol. The van der Waals surface area contributed by atoms with Gasteiger partial charge in [-0.2, -0.15) is 17.0 Å². The van der Waals surface area contributed by atoms with Crippen molar-refractivity contribution in [1.82, 2.24) is 0 Å². The molecule has 2 nitrogen and oxygen atoms in total. The molecule has 94 valence electrons. The van der Waals surface area contributed by atoms with Crippen LogP contribution in [0.15, 0.2) is 18.2 Å². The summed E-state index contributed by atoms with van der Waals surface area (Å²) in [5.41, 5.74) is -0.377. The van der Waals surface area contributed by atoms with Gasteiger partial charge in [-0.05, 0) is 43.9 Å². The molecule has 18 heavy (non-hydrogen) atoms. The summed E-state index contributed by atoms with van der Waals surface area (Å²) in [5.74, 6) is -0.400. The van der Waals surface area contributed by atoms with Crippen molar-refractivity contribution in [3.63, 3.8) is 0 Å². The molecule has 2 atom stereocenters. The largest absolute Gasteiger partial charge is 0.385 e. The highest BCUT2D eigenvalue weighted by Crippen LogP contribution is 2.51. The second-order valence-electron chi connectivity index (χ2n) is 5.20. The molecule has 2 aliphatic heterocycles. The van der Waals surface area contributed by atoms with Crippen molar-refractivity contribution >= 4 is 11.8 Å². The van der Waals surface area contributed by atoms with Gasteiger partial charge in [0, 0.05) is 16.1 Å². The molecule has 2 heterocycles. The Bertz CT molecular complexity index is 513. The van der Waals surface area contributed by atoms with E-state index in [4.69, 9.17) is 5.26 Å². The third-order valence-corrected chi connectivity index (χ3v) is 5.50. The standard InChI is InChI=1S/C14H14FNOS/c15-13-4-1-9(8-16)5-12(13)14(17)6-10-2-3-11(7-14)18-10/h1,4-5,10-11,17H,2-3,6-7H2. The smallest absolute Gasteiger partial charge is 0.129 e. The van der Waals surface area contributed by atoms with Gasteiger partial charge in [-0.1, -0.05) is 0 Å². The van der Waals surface area contributed by atoms with E-state index in [1.165, 1.54) is 18.2 Å². The van der Waals surface area contributed by atoms with Crippen molar-refractivity contribution in [3.05, 3.63) is 35.1 Å². The highest BCUT2D eigenvalue weighted by atomic mass is 32.2. The van der Waals surface area contributed by atoms with Gasteiger partial charge in [-0.3, -0.25) is 0 Å². The summed E-state index contributed by atoms with van der Waals surface area (Å²) in [6, 6.07) is 6.25. The molecule has 2 saturated heterocycles. The van der Waals surface area contributed by atoms with Crippen molar-refractivity contribution < 1.29 is 9.50 Å². The van der Waals surface area contributed by atoms with Gasteiger partial charge in [0.15, 0.2) is 0 Å². The number of hydrogen-bond donors (Lipinski definition) is 1. The molecule has 0 aromatic heterocycles. The highest BCUT2D eigenvalue weighted by Gasteiger charge is 2.45. The molecule has 1 aromatic carbocycles. The zero-order valence-electron chi connectivity index (χ0n) is 9.90. The van der Waals surface area contributed by atoms with Crippen LogP contribution >= 0.6 is 11.8 Å². The predicted octanol–water partition coefficient (Wildman–Crippen LogP) is 2.94. The van der Waals surface area contributed by atoms with E-state index in [2.05, 4.69) is 0 Å². The van der Waals surface area contributed by atoms with E-state index >= 15 is 0 Å². The third kappa shape index (κ3) is 1.92. The zero-order chi connectivity index (χ0) is 12.8. The normalized spacial score (nSPS) is 34.3. The molecule has 0 saturated carbocycles. The van der Waals surface area contributed by atoms with Crippen LogP contribution < -0.4 is 0 Å². The molecule has 2 unspecified atom stereocenters. The van der Waals surface area contributed by atoms with Gasteiger partial charge in [-0.25, -0.2) is 4.39 Å². The Hall–Kier alpha value is -1.05. The molecule has 0 aliphatic carbocycles. The van der Waals surface area contributed by atoms with E-state index < -0.39 is 11.4 Å². The average Bonchev–Trinajstić information content (AvgIpc) is 2.70. The van der Waals surface area contributed by atoms with Gasteiger partial charge in [0.25, 0.3) is 0 Å². The highest BCUT2D eigenvalue weighted by molar-refractivity contribution is 8.00. The van der Waals surface area contributed by atoms with Crippen LogP contribution in [0.5, 0.6) is 0 Å². The Morgan fingerprint density at radius 2 is 2.00 bits per heavy atom. The van der Waals surface area contributed by atoms with Gasteiger partial charge in [0.1, 0.15) is 5.82 Å². The summed E-state index contributed by atoms with van der Waals surface area (Å²) in [4.78, 5) is 0. The van der Waals surface area contributed by atoms with Crippen LogP contribution in [0.2, 0.25) is 0 Å². The fourth-order valence-corrected chi connectivity index (χ4v) is 4.92. The topological polar surface area (TPSA) is 44.0 Å². The van der Waals surface area contributed by atoms with E-state index in [-0.39, 0.29) is 0 Å². The quantitative estimate of drug-likeness (QED) is 0.847. The first-order chi connectivity index (χ1) is 8.60. The predicted molar refractivity (Wildman–Crippen MR) is 68.6 cm³/mol. The Morgan fingerprint density at radius 3 is 2.61 bits per heavy atom. The molecular formula is C14H14FNOS. The SMILES string of the molecule is N#Cc1ccc(F)c(C2(O)CC3CCC(C2)S3)c1. The first-order valence-electron chi connectivity index (χ1n) is 6.19. The van der Waals surface area contributed by atoms with Gasteiger partial charge in [0.2, 0.25) is 0 Å². The maximum absolute atomic E-state index is 13.9. The minimum absolute atomic E-state index is 0.304. The van der Waals surface area contributed by atoms with E-state index in [1.54, 1.807) is 0 Å². The molecule has 4 heteroatoms. The number of hydrogen-bond acceptors (Lipinski definition) is 3. The maximum Gasteiger partial charge on any atom is 0.129 e. The Kier molecular flexibility index (Phi) is 2.84. The van der Waals surface area contributed by atoms with Crippen molar-refractivity contribution in [2.75, 3.05) is 0 Å². The molecular weight excluding hydrogens is 249 g/mol.